The number of amides is 2. The summed E-state index contributed by atoms with van der Waals surface area (Å²) in [5, 5.41) is 3.24. The molecule has 0 saturated carbocycles. The molecule has 21 heavy (non-hydrogen) atoms. The molecule has 2 aliphatic rings. The van der Waals surface area contributed by atoms with Gasteiger partial charge in [-0.25, -0.2) is 0 Å². The highest BCUT2D eigenvalue weighted by Gasteiger charge is 2.32. The summed E-state index contributed by atoms with van der Waals surface area (Å²) < 4.78 is 0. The maximum Gasteiger partial charge on any atom is 0.240 e. The van der Waals surface area contributed by atoms with E-state index >= 15 is 0 Å². The molecule has 0 aliphatic carbocycles. The third-order valence-electron chi connectivity index (χ3n) is 4.27. The second kappa shape index (κ2) is 7.20. The molecule has 2 fully saturated rings. The molecule has 2 saturated heterocycles. The van der Waals surface area contributed by atoms with Gasteiger partial charge in [-0.1, -0.05) is 0 Å². The first-order valence-electron chi connectivity index (χ1n) is 7.61. The second-order valence-electron chi connectivity index (χ2n) is 6.11. The molecule has 0 spiro atoms. The Hall–Kier alpha value is -1.18. The number of rotatable bonds is 3. The van der Waals surface area contributed by atoms with Gasteiger partial charge in [0, 0.05) is 59.9 Å². The van der Waals surface area contributed by atoms with Crippen molar-refractivity contribution in [3.05, 3.63) is 0 Å². The molecule has 2 rings (SSSR count). The fraction of sp³-hybridized carbons (Fsp3) is 0.857. The zero-order valence-corrected chi connectivity index (χ0v) is 13.3. The van der Waals surface area contributed by atoms with Crippen molar-refractivity contribution in [3.8, 4) is 0 Å². The van der Waals surface area contributed by atoms with E-state index in [1.807, 2.05) is 9.80 Å². The highest BCUT2D eigenvalue weighted by molar-refractivity contribution is 5.84. The lowest BCUT2D eigenvalue weighted by Crippen LogP contribution is -2.60. The molecular weight excluding hydrogens is 270 g/mol. The van der Waals surface area contributed by atoms with E-state index in [0.29, 0.717) is 13.1 Å². The molecule has 2 amide bonds. The van der Waals surface area contributed by atoms with E-state index in [1.54, 1.807) is 19.0 Å². The van der Waals surface area contributed by atoms with Crippen LogP contribution in [-0.2, 0) is 9.59 Å². The van der Waals surface area contributed by atoms with Crippen LogP contribution in [0.15, 0.2) is 0 Å². The molecule has 0 aromatic carbocycles. The molecule has 7 nitrogen and oxygen atoms in total. The van der Waals surface area contributed by atoms with E-state index in [0.717, 1.165) is 39.3 Å². The Bertz CT molecular complexity index is 380. The summed E-state index contributed by atoms with van der Waals surface area (Å²) in [6.45, 7) is 5.95. The molecular formula is C14H27N5O2. The second-order valence-corrected chi connectivity index (χ2v) is 6.11. The molecule has 1 atom stereocenters. The maximum absolute atomic E-state index is 12.4. The predicted octanol–water partition coefficient (Wildman–Crippen LogP) is -1.88. The van der Waals surface area contributed by atoms with Gasteiger partial charge >= 0.3 is 0 Å². The SMILES string of the molecule is CN1CCN(C(=O)CN2CCNCC2C(=O)N(C)C)CC1. The summed E-state index contributed by atoms with van der Waals surface area (Å²) in [6, 6.07) is -0.231. The minimum Gasteiger partial charge on any atom is -0.347 e. The molecule has 0 aromatic rings. The minimum absolute atomic E-state index is 0.0633. The van der Waals surface area contributed by atoms with Gasteiger partial charge in [-0.2, -0.15) is 0 Å². The summed E-state index contributed by atoms with van der Waals surface area (Å²) in [7, 11) is 5.60. The lowest BCUT2D eigenvalue weighted by molar-refractivity contribution is -0.139. The molecule has 0 aromatic heterocycles. The van der Waals surface area contributed by atoms with Crippen LogP contribution in [0.1, 0.15) is 0 Å². The Balaban J connectivity index is 1.92. The van der Waals surface area contributed by atoms with Gasteiger partial charge in [0.2, 0.25) is 11.8 Å². The average Bonchev–Trinajstić information content (AvgIpc) is 2.47. The fourth-order valence-electron chi connectivity index (χ4n) is 2.81. The number of carbonyl (C=O) groups is 2. The number of nitrogens with zero attached hydrogens (tertiary/aromatic N) is 4. The lowest BCUT2D eigenvalue weighted by atomic mass is 10.1. The average molecular weight is 297 g/mol. The van der Waals surface area contributed by atoms with Crippen LogP contribution in [0.5, 0.6) is 0 Å². The zero-order chi connectivity index (χ0) is 15.4. The van der Waals surface area contributed by atoms with Crippen molar-refractivity contribution in [1.82, 2.24) is 24.9 Å². The van der Waals surface area contributed by atoms with E-state index in [1.165, 1.54) is 0 Å². The van der Waals surface area contributed by atoms with Crippen molar-refractivity contribution in [1.29, 1.82) is 0 Å². The monoisotopic (exact) mass is 297 g/mol. The molecule has 120 valence electrons. The Morgan fingerprint density at radius 2 is 1.81 bits per heavy atom. The lowest BCUT2D eigenvalue weighted by Gasteiger charge is -2.38. The van der Waals surface area contributed by atoms with Crippen molar-refractivity contribution in [2.75, 3.05) is 73.5 Å². The predicted molar refractivity (Wildman–Crippen MR) is 81.0 cm³/mol. The van der Waals surface area contributed by atoms with Crippen LogP contribution in [0.25, 0.3) is 0 Å². The Kier molecular flexibility index (Phi) is 5.55. The summed E-state index contributed by atoms with van der Waals surface area (Å²) in [4.78, 5) is 32.4. The number of carbonyl (C=O) groups excluding carboxylic acids is 2. The van der Waals surface area contributed by atoms with Gasteiger partial charge in [0.15, 0.2) is 0 Å². The van der Waals surface area contributed by atoms with Crippen LogP contribution >= 0.6 is 0 Å². The minimum atomic E-state index is -0.231. The summed E-state index contributed by atoms with van der Waals surface area (Å²) in [5.74, 6) is 0.204. The number of hydrogen-bond donors (Lipinski definition) is 1. The molecule has 7 heteroatoms. The molecule has 1 unspecified atom stereocenters. The van der Waals surface area contributed by atoms with Crippen LogP contribution in [0.2, 0.25) is 0 Å². The van der Waals surface area contributed by atoms with E-state index in [9.17, 15) is 9.59 Å². The van der Waals surface area contributed by atoms with Crippen LogP contribution < -0.4 is 5.32 Å². The molecule has 0 radical (unpaired) electrons. The highest BCUT2D eigenvalue weighted by atomic mass is 16.2. The highest BCUT2D eigenvalue weighted by Crippen LogP contribution is 2.08. The summed E-state index contributed by atoms with van der Waals surface area (Å²) in [5.41, 5.74) is 0. The van der Waals surface area contributed by atoms with Crippen LogP contribution in [0.3, 0.4) is 0 Å². The topological polar surface area (TPSA) is 59.1 Å². The molecule has 0 bridgehead atoms. The zero-order valence-electron chi connectivity index (χ0n) is 13.3. The smallest absolute Gasteiger partial charge is 0.240 e. The van der Waals surface area contributed by atoms with E-state index in [4.69, 9.17) is 0 Å². The number of piperazine rings is 2. The van der Waals surface area contributed by atoms with E-state index < -0.39 is 0 Å². The Labute approximate surface area is 126 Å². The standard InChI is InChI=1S/C14H27N5O2/c1-16(2)14(21)12-10-15-4-5-19(12)11-13(20)18-8-6-17(3)7-9-18/h12,15H,4-11H2,1-3H3. The molecule has 2 heterocycles. The van der Waals surface area contributed by atoms with Crippen molar-refractivity contribution in [2.45, 2.75) is 6.04 Å². The van der Waals surface area contributed by atoms with Gasteiger partial charge in [0.05, 0.1) is 6.54 Å². The van der Waals surface area contributed by atoms with Crippen LogP contribution in [0.4, 0.5) is 0 Å². The first-order chi connectivity index (χ1) is 9.99. The normalized spacial score (nSPS) is 24.9. The first kappa shape index (κ1) is 16.2. The number of likely N-dealkylation sites (N-methyl/N-ethyl adjacent to an activating group) is 2. The number of nitrogens with one attached hydrogen (secondary N) is 1. The first-order valence-corrected chi connectivity index (χ1v) is 7.61. The Morgan fingerprint density at radius 1 is 1.14 bits per heavy atom. The van der Waals surface area contributed by atoms with Crippen LogP contribution in [-0.4, -0.2) is 111 Å². The third-order valence-corrected chi connectivity index (χ3v) is 4.27. The Morgan fingerprint density at radius 3 is 2.43 bits per heavy atom. The third kappa shape index (κ3) is 4.15. The fourth-order valence-corrected chi connectivity index (χ4v) is 2.81. The van der Waals surface area contributed by atoms with Crippen molar-refractivity contribution < 1.29 is 9.59 Å². The summed E-state index contributed by atoms with van der Waals surface area (Å²) in [6.07, 6.45) is 0. The van der Waals surface area contributed by atoms with Crippen molar-refractivity contribution in [3.63, 3.8) is 0 Å². The van der Waals surface area contributed by atoms with Crippen molar-refractivity contribution >= 4 is 11.8 Å². The molecule has 1 N–H and O–H groups in total. The largest absolute Gasteiger partial charge is 0.347 e. The maximum atomic E-state index is 12.4. The van der Waals surface area contributed by atoms with Crippen molar-refractivity contribution in [2.24, 2.45) is 0 Å². The quantitative estimate of drug-likeness (QED) is 0.661. The van der Waals surface area contributed by atoms with Gasteiger partial charge < -0.3 is 20.0 Å². The van der Waals surface area contributed by atoms with Gasteiger partial charge in [-0.15, -0.1) is 0 Å². The van der Waals surface area contributed by atoms with E-state index in [-0.39, 0.29) is 17.9 Å². The molecule has 2 aliphatic heterocycles. The van der Waals surface area contributed by atoms with Gasteiger partial charge in [-0.3, -0.25) is 14.5 Å². The summed E-state index contributed by atoms with van der Waals surface area (Å²) >= 11 is 0. The van der Waals surface area contributed by atoms with Gasteiger partial charge in [0.1, 0.15) is 6.04 Å². The number of hydrogen-bond acceptors (Lipinski definition) is 5. The van der Waals surface area contributed by atoms with Gasteiger partial charge in [0.25, 0.3) is 0 Å². The van der Waals surface area contributed by atoms with E-state index in [2.05, 4.69) is 17.3 Å². The van der Waals surface area contributed by atoms with Gasteiger partial charge in [-0.05, 0) is 7.05 Å². The van der Waals surface area contributed by atoms with Crippen LogP contribution in [0, 0.1) is 0 Å².